The van der Waals surface area contributed by atoms with Gasteiger partial charge >= 0.3 is 0 Å². The van der Waals surface area contributed by atoms with Gasteiger partial charge in [0.05, 0.1) is 6.61 Å². The van der Waals surface area contributed by atoms with Crippen molar-refractivity contribution < 1.29 is 41.0 Å². The van der Waals surface area contributed by atoms with Crippen LogP contribution in [-0.4, -0.2) is 47.2 Å². The predicted molar refractivity (Wildman–Crippen MR) is 109 cm³/mol. The molecule has 182 valence electrons. The number of carbonyl (C=O) groups excluding carboxylic acids is 1. The Hall–Kier alpha value is -2.69. The molecule has 0 unspecified atom stereocenters. The van der Waals surface area contributed by atoms with E-state index in [0.29, 0.717) is 18.9 Å². The highest BCUT2D eigenvalue weighted by Gasteiger charge is 2.29. The maximum Gasteiger partial charge on any atom is 0.297 e. The van der Waals surface area contributed by atoms with E-state index in [9.17, 15) is 26.7 Å². The number of benzene rings is 1. The molecule has 2 aromatic rings. The van der Waals surface area contributed by atoms with Gasteiger partial charge in [-0.1, -0.05) is 6.92 Å². The Morgan fingerprint density at radius 1 is 1.36 bits per heavy atom. The first-order valence-electron chi connectivity index (χ1n) is 10.5. The number of hydrogen-bond donors (Lipinski definition) is 0. The molecule has 1 aromatic carbocycles. The first-order chi connectivity index (χ1) is 15.6. The zero-order valence-electron chi connectivity index (χ0n) is 18.4. The summed E-state index contributed by atoms with van der Waals surface area (Å²) in [5.74, 6) is -3.38. The summed E-state index contributed by atoms with van der Waals surface area (Å²) in [4.78, 5) is 15.1. The highest BCUT2D eigenvalue weighted by molar-refractivity contribution is 5.80. The van der Waals surface area contributed by atoms with Crippen molar-refractivity contribution in [1.29, 1.82) is 0 Å². The van der Waals surface area contributed by atoms with Gasteiger partial charge in [-0.3, -0.25) is 4.57 Å². The van der Waals surface area contributed by atoms with E-state index in [1.807, 2.05) is 0 Å². The molecule has 1 aromatic heterocycles. The topological polar surface area (TPSA) is 62.6 Å². The van der Waals surface area contributed by atoms with E-state index in [4.69, 9.17) is 9.47 Å². The van der Waals surface area contributed by atoms with Crippen LogP contribution >= 0.6 is 0 Å². The summed E-state index contributed by atoms with van der Waals surface area (Å²) in [6.45, 7) is 2.12. The zero-order chi connectivity index (χ0) is 24.3. The Kier molecular flexibility index (Phi) is 7.93. The highest BCUT2D eigenvalue weighted by Crippen LogP contribution is 2.33. The molecule has 0 aliphatic carbocycles. The largest absolute Gasteiger partial charge is 0.484 e. The standard InChI is InChI=1S/C22H25F5N2O4/c1-11(6-12(2)30)7-14(23)16-5-4-13(9-31-16)33-22-28-20-15(24)8-17(32-10-18(25)26)19(27)21(20)29(22)3/h7-8,11,13,16,18H,4-6,9-10H2,1-3H3/b14-7-/t11-,13-,16+/m1/s1. The molecule has 0 amide bonds. The van der Waals surface area contributed by atoms with E-state index < -0.39 is 48.5 Å². The maximum atomic E-state index is 14.7. The van der Waals surface area contributed by atoms with Gasteiger partial charge in [0.25, 0.3) is 12.4 Å². The fourth-order valence-corrected chi connectivity index (χ4v) is 3.70. The van der Waals surface area contributed by atoms with E-state index in [2.05, 4.69) is 9.72 Å². The highest BCUT2D eigenvalue weighted by atomic mass is 19.3. The van der Waals surface area contributed by atoms with Crippen LogP contribution in [0.15, 0.2) is 18.0 Å². The molecule has 6 nitrogen and oxygen atoms in total. The van der Waals surface area contributed by atoms with Gasteiger partial charge in [-0.25, -0.2) is 22.0 Å². The first kappa shape index (κ1) is 24.9. The lowest BCUT2D eigenvalue weighted by Crippen LogP contribution is -2.34. The number of ketones is 1. The molecular formula is C22H25F5N2O4. The molecule has 1 aliphatic rings. The minimum absolute atomic E-state index is 0.0178. The quantitative estimate of drug-likeness (QED) is 0.483. The Morgan fingerprint density at radius 2 is 2.09 bits per heavy atom. The molecule has 1 aliphatic heterocycles. The number of ether oxygens (including phenoxy) is 3. The lowest BCUT2D eigenvalue weighted by atomic mass is 10.0. The fourth-order valence-electron chi connectivity index (χ4n) is 3.70. The third-order valence-corrected chi connectivity index (χ3v) is 5.19. The summed E-state index contributed by atoms with van der Waals surface area (Å²) in [5, 5.41) is 0. The van der Waals surface area contributed by atoms with Gasteiger partial charge in [0.2, 0.25) is 0 Å². The Bertz CT molecular complexity index is 1030. The minimum Gasteiger partial charge on any atom is -0.484 e. The van der Waals surface area contributed by atoms with Crippen LogP contribution in [0.2, 0.25) is 0 Å². The van der Waals surface area contributed by atoms with Crippen LogP contribution in [-0.2, 0) is 16.6 Å². The van der Waals surface area contributed by atoms with Gasteiger partial charge < -0.3 is 19.0 Å². The summed E-state index contributed by atoms with van der Waals surface area (Å²) in [5.41, 5.74) is -0.630. The number of aromatic nitrogens is 2. The number of Topliss-reactive ketones (excluding diaryl/α,β-unsaturated/α-hetero) is 1. The number of alkyl halides is 2. The van der Waals surface area contributed by atoms with Gasteiger partial charge in [-0.2, -0.15) is 4.98 Å². The number of imidazole rings is 1. The van der Waals surface area contributed by atoms with Gasteiger partial charge in [-0.15, -0.1) is 0 Å². The summed E-state index contributed by atoms with van der Waals surface area (Å²) >= 11 is 0. The van der Waals surface area contributed by atoms with Crippen LogP contribution < -0.4 is 9.47 Å². The number of halogens is 5. The van der Waals surface area contributed by atoms with Crippen molar-refractivity contribution in [3.63, 3.8) is 0 Å². The number of carbonyl (C=O) groups is 1. The Labute approximate surface area is 187 Å². The van der Waals surface area contributed by atoms with Gasteiger partial charge in [0.1, 0.15) is 41.5 Å². The van der Waals surface area contributed by atoms with E-state index >= 15 is 0 Å². The number of fused-ring (bicyclic) bond motifs is 1. The molecule has 3 atom stereocenters. The lowest BCUT2D eigenvalue weighted by molar-refractivity contribution is -0.117. The molecule has 0 radical (unpaired) electrons. The molecule has 0 bridgehead atoms. The number of aryl methyl sites for hydroxylation is 1. The molecular weight excluding hydrogens is 451 g/mol. The van der Waals surface area contributed by atoms with E-state index in [1.54, 1.807) is 6.92 Å². The Morgan fingerprint density at radius 3 is 2.70 bits per heavy atom. The monoisotopic (exact) mass is 476 g/mol. The Balaban J connectivity index is 1.69. The summed E-state index contributed by atoms with van der Waals surface area (Å²) in [6, 6.07) is 0.555. The van der Waals surface area contributed by atoms with Crippen LogP contribution in [0.1, 0.15) is 33.1 Å². The summed E-state index contributed by atoms with van der Waals surface area (Å²) in [6.07, 6.45) is -1.84. The molecule has 2 heterocycles. The third kappa shape index (κ3) is 6.01. The average molecular weight is 476 g/mol. The van der Waals surface area contributed by atoms with Crippen LogP contribution in [0.4, 0.5) is 22.0 Å². The molecule has 33 heavy (non-hydrogen) atoms. The fraction of sp³-hybridized carbons (Fsp3) is 0.545. The second kappa shape index (κ2) is 10.5. The van der Waals surface area contributed by atoms with Crippen LogP contribution in [0.3, 0.4) is 0 Å². The molecule has 1 saturated heterocycles. The maximum absolute atomic E-state index is 14.7. The number of hydrogen-bond acceptors (Lipinski definition) is 5. The van der Waals surface area contributed by atoms with E-state index in [1.165, 1.54) is 20.0 Å². The van der Waals surface area contributed by atoms with Crippen LogP contribution in [0, 0.1) is 17.6 Å². The van der Waals surface area contributed by atoms with Crippen molar-refractivity contribution in [2.75, 3.05) is 13.2 Å². The predicted octanol–water partition coefficient (Wildman–Crippen LogP) is 4.89. The second-order valence-corrected chi connectivity index (χ2v) is 8.10. The SMILES string of the molecule is CC(=O)C[C@@H](C)/C=C(\F)[C@@H]1CC[C@@H](Oc2nc3c(F)cc(OCC(F)F)c(F)c3n2C)CO1. The minimum atomic E-state index is -2.85. The van der Waals surface area contributed by atoms with Gasteiger partial charge in [0, 0.05) is 19.5 Å². The molecule has 0 saturated carbocycles. The first-order valence-corrected chi connectivity index (χ1v) is 10.5. The number of allylic oxidation sites excluding steroid dienone is 1. The van der Waals surface area contributed by atoms with Crippen molar-refractivity contribution >= 4 is 16.8 Å². The normalized spacial score (nSPS) is 20.3. The van der Waals surface area contributed by atoms with Gasteiger partial charge in [0.15, 0.2) is 17.4 Å². The average Bonchev–Trinajstić information content (AvgIpc) is 3.06. The summed E-state index contributed by atoms with van der Waals surface area (Å²) < 4.78 is 85.3. The van der Waals surface area contributed by atoms with Crippen LogP contribution in [0.25, 0.3) is 11.0 Å². The smallest absolute Gasteiger partial charge is 0.297 e. The number of rotatable bonds is 9. The molecule has 3 rings (SSSR count). The van der Waals surface area contributed by atoms with Crippen molar-refractivity contribution in [2.24, 2.45) is 13.0 Å². The number of nitrogens with zero attached hydrogens (tertiary/aromatic N) is 2. The second-order valence-electron chi connectivity index (χ2n) is 8.10. The molecule has 0 spiro atoms. The van der Waals surface area contributed by atoms with Crippen molar-refractivity contribution in [3.8, 4) is 11.8 Å². The van der Waals surface area contributed by atoms with Crippen molar-refractivity contribution in [2.45, 2.75) is 51.7 Å². The lowest BCUT2D eigenvalue weighted by Gasteiger charge is -2.28. The summed E-state index contributed by atoms with van der Waals surface area (Å²) in [7, 11) is 1.38. The molecule has 1 fully saturated rings. The van der Waals surface area contributed by atoms with E-state index in [0.717, 1.165) is 4.57 Å². The van der Waals surface area contributed by atoms with Crippen molar-refractivity contribution in [1.82, 2.24) is 9.55 Å². The third-order valence-electron chi connectivity index (χ3n) is 5.19. The van der Waals surface area contributed by atoms with Gasteiger partial charge in [-0.05, 0) is 31.8 Å². The van der Waals surface area contributed by atoms with Crippen LogP contribution in [0.5, 0.6) is 11.8 Å². The van der Waals surface area contributed by atoms with Crippen molar-refractivity contribution in [3.05, 3.63) is 29.6 Å². The molecule has 11 heteroatoms. The van der Waals surface area contributed by atoms with E-state index in [-0.39, 0.29) is 41.8 Å². The zero-order valence-corrected chi connectivity index (χ0v) is 18.4. The molecule has 0 N–H and O–H groups in total.